The van der Waals surface area contributed by atoms with Crippen molar-refractivity contribution in [2.24, 2.45) is 18.7 Å². The number of nitrogens with one attached hydrogen (secondary N) is 1. The molecule has 2 unspecified atom stereocenters. The lowest BCUT2D eigenvalue weighted by atomic mass is 9.95. The maximum absolute atomic E-state index is 12.1. The fourth-order valence-corrected chi connectivity index (χ4v) is 2.89. The van der Waals surface area contributed by atoms with Crippen LogP contribution in [0.2, 0.25) is 0 Å². The summed E-state index contributed by atoms with van der Waals surface area (Å²) in [5.41, 5.74) is 6.62. The third-order valence-electron chi connectivity index (χ3n) is 4.10. The number of rotatable bonds is 5. The Balaban J connectivity index is 1.96. The van der Waals surface area contributed by atoms with Gasteiger partial charge in [0.1, 0.15) is 0 Å². The zero-order chi connectivity index (χ0) is 14.5. The second-order valence-corrected chi connectivity index (χ2v) is 5.47. The molecule has 2 heterocycles. The van der Waals surface area contributed by atoms with Gasteiger partial charge in [0.15, 0.2) is 0 Å². The molecule has 1 aromatic rings. The summed E-state index contributed by atoms with van der Waals surface area (Å²) in [6.45, 7) is 5.08. The smallest absolute Gasteiger partial charge is 0.224 e. The van der Waals surface area contributed by atoms with Crippen LogP contribution in [0, 0.1) is 5.92 Å². The van der Waals surface area contributed by atoms with Gasteiger partial charge in [0.2, 0.25) is 5.91 Å². The molecule has 2 rings (SSSR count). The van der Waals surface area contributed by atoms with Gasteiger partial charge in [0, 0.05) is 38.9 Å². The molecule has 0 aliphatic carbocycles. The topological polar surface area (TPSA) is 76.2 Å². The zero-order valence-corrected chi connectivity index (χ0v) is 12.4. The highest BCUT2D eigenvalue weighted by atomic mass is 16.1. The number of piperidine rings is 1. The molecule has 6 heteroatoms. The molecule has 20 heavy (non-hydrogen) atoms. The van der Waals surface area contributed by atoms with E-state index in [0.29, 0.717) is 13.1 Å². The first-order valence-electron chi connectivity index (χ1n) is 7.33. The van der Waals surface area contributed by atoms with Gasteiger partial charge in [-0.05, 0) is 32.4 Å². The lowest BCUT2D eigenvalue weighted by molar-refractivity contribution is -0.126. The predicted octanol–water partition coefficient (Wildman–Crippen LogP) is 0.268. The van der Waals surface area contributed by atoms with E-state index in [1.807, 2.05) is 24.0 Å². The highest BCUT2D eigenvalue weighted by molar-refractivity contribution is 5.78. The Kier molecular flexibility index (Phi) is 5.14. The predicted molar refractivity (Wildman–Crippen MR) is 78.0 cm³/mol. The molecule has 0 saturated carbocycles. The van der Waals surface area contributed by atoms with E-state index in [9.17, 15) is 4.79 Å². The molecule has 0 radical (unpaired) electrons. The molecule has 1 aromatic heterocycles. The van der Waals surface area contributed by atoms with E-state index < -0.39 is 0 Å². The number of amides is 1. The Hall–Kier alpha value is -1.40. The van der Waals surface area contributed by atoms with Gasteiger partial charge < -0.3 is 11.1 Å². The lowest BCUT2D eigenvalue weighted by Gasteiger charge is -2.36. The molecule has 1 amide bonds. The summed E-state index contributed by atoms with van der Waals surface area (Å²) in [5.74, 6) is 0.211. The Morgan fingerprint density at radius 3 is 3.10 bits per heavy atom. The minimum Gasteiger partial charge on any atom is -0.355 e. The van der Waals surface area contributed by atoms with Crippen LogP contribution in [-0.2, 0) is 11.8 Å². The summed E-state index contributed by atoms with van der Waals surface area (Å²) in [7, 11) is 1.96. The van der Waals surface area contributed by atoms with Crippen LogP contribution in [0.15, 0.2) is 12.3 Å². The third-order valence-corrected chi connectivity index (χ3v) is 4.10. The first-order chi connectivity index (χ1) is 9.63. The molecular weight excluding hydrogens is 254 g/mol. The molecule has 0 spiro atoms. The number of carbonyl (C=O) groups excluding carboxylic acids is 1. The number of carbonyl (C=O) groups is 1. The minimum absolute atomic E-state index is 0.0750. The molecule has 0 bridgehead atoms. The molecule has 6 nitrogen and oxygen atoms in total. The molecule has 3 N–H and O–H groups in total. The van der Waals surface area contributed by atoms with E-state index in [4.69, 9.17) is 5.73 Å². The quantitative estimate of drug-likeness (QED) is 0.811. The Labute approximate surface area is 120 Å². The standard InChI is InChI=1S/C14H25N5O/c1-11(13-5-7-17-18(13)2)19-9-3-4-12(10-19)14(20)16-8-6-15/h5,7,11-12H,3-4,6,8-10,15H2,1-2H3,(H,16,20). The van der Waals surface area contributed by atoms with Crippen LogP contribution in [0.3, 0.4) is 0 Å². The van der Waals surface area contributed by atoms with Gasteiger partial charge in [-0.3, -0.25) is 14.4 Å². The largest absolute Gasteiger partial charge is 0.355 e. The molecule has 1 fully saturated rings. The fourth-order valence-electron chi connectivity index (χ4n) is 2.89. The zero-order valence-electron chi connectivity index (χ0n) is 12.4. The number of nitrogens with two attached hydrogens (primary N) is 1. The third kappa shape index (κ3) is 3.37. The van der Waals surface area contributed by atoms with Crippen molar-refractivity contribution < 1.29 is 4.79 Å². The molecule has 1 saturated heterocycles. The molecule has 112 valence electrons. The molecule has 1 aliphatic rings. The van der Waals surface area contributed by atoms with Crippen LogP contribution in [-0.4, -0.2) is 46.8 Å². The molecular formula is C14H25N5O. The van der Waals surface area contributed by atoms with Crippen molar-refractivity contribution in [2.75, 3.05) is 26.2 Å². The summed E-state index contributed by atoms with van der Waals surface area (Å²) >= 11 is 0. The number of aryl methyl sites for hydroxylation is 1. The second kappa shape index (κ2) is 6.85. The molecule has 0 aromatic carbocycles. The molecule has 2 atom stereocenters. The van der Waals surface area contributed by atoms with Gasteiger partial charge in [-0.2, -0.15) is 5.10 Å². The lowest BCUT2D eigenvalue weighted by Crippen LogP contribution is -2.45. The molecule has 1 aliphatic heterocycles. The van der Waals surface area contributed by atoms with Crippen LogP contribution in [0.1, 0.15) is 31.5 Å². The van der Waals surface area contributed by atoms with E-state index >= 15 is 0 Å². The van der Waals surface area contributed by atoms with Crippen molar-refractivity contribution in [1.82, 2.24) is 20.0 Å². The minimum atomic E-state index is 0.0750. The van der Waals surface area contributed by atoms with Gasteiger partial charge in [-0.25, -0.2) is 0 Å². The number of hydrogen-bond acceptors (Lipinski definition) is 4. The van der Waals surface area contributed by atoms with Crippen LogP contribution in [0.4, 0.5) is 0 Å². The van der Waals surface area contributed by atoms with Crippen LogP contribution < -0.4 is 11.1 Å². The average molecular weight is 279 g/mol. The van der Waals surface area contributed by atoms with Crippen molar-refractivity contribution in [3.05, 3.63) is 18.0 Å². The number of likely N-dealkylation sites (tertiary alicyclic amines) is 1. The van der Waals surface area contributed by atoms with Gasteiger partial charge in [-0.1, -0.05) is 0 Å². The normalized spacial score (nSPS) is 21.6. The highest BCUT2D eigenvalue weighted by Crippen LogP contribution is 2.26. The Morgan fingerprint density at radius 1 is 1.65 bits per heavy atom. The monoisotopic (exact) mass is 279 g/mol. The van der Waals surface area contributed by atoms with Gasteiger partial charge in [0.05, 0.1) is 11.6 Å². The summed E-state index contributed by atoms with van der Waals surface area (Å²) in [6, 6.07) is 2.33. The van der Waals surface area contributed by atoms with Crippen molar-refractivity contribution >= 4 is 5.91 Å². The first-order valence-corrected chi connectivity index (χ1v) is 7.33. The van der Waals surface area contributed by atoms with Crippen LogP contribution >= 0.6 is 0 Å². The Bertz CT molecular complexity index is 445. The number of hydrogen-bond donors (Lipinski definition) is 2. The summed E-state index contributed by atoms with van der Waals surface area (Å²) in [5, 5.41) is 7.12. The van der Waals surface area contributed by atoms with E-state index in [1.54, 1.807) is 0 Å². The van der Waals surface area contributed by atoms with Crippen LogP contribution in [0.5, 0.6) is 0 Å². The van der Waals surface area contributed by atoms with E-state index in [-0.39, 0.29) is 17.9 Å². The Morgan fingerprint density at radius 2 is 2.45 bits per heavy atom. The maximum atomic E-state index is 12.1. The number of aromatic nitrogens is 2. The maximum Gasteiger partial charge on any atom is 0.224 e. The van der Waals surface area contributed by atoms with Gasteiger partial charge >= 0.3 is 0 Å². The summed E-state index contributed by atoms with van der Waals surface area (Å²) in [4.78, 5) is 14.4. The first kappa shape index (κ1) is 15.0. The van der Waals surface area contributed by atoms with Crippen molar-refractivity contribution in [1.29, 1.82) is 0 Å². The average Bonchev–Trinajstić information content (AvgIpc) is 2.90. The van der Waals surface area contributed by atoms with Crippen molar-refractivity contribution in [2.45, 2.75) is 25.8 Å². The van der Waals surface area contributed by atoms with E-state index in [1.165, 1.54) is 5.69 Å². The van der Waals surface area contributed by atoms with Gasteiger partial charge in [0.25, 0.3) is 0 Å². The highest BCUT2D eigenvalue weighted by Gasteiger charge is 2.29. The summed E-state index contributed by atoms with van der Waals surface area (Å²) < 4.78 is 1.91. The van der Waals surface area contributed by atoms with Crippen molar-refractivity contribution in [3.8, 4) is 0 Å². The number of nitrogens with zero attached hydrogens (tertiary/aromatic N) is 3. The van der Waals surface area contributed by atoms with Crippen molar-refractivity contribution in [3.63, 3.8) is 0 Å². The second-order valence-electron chi connectivity index (χ2n) is 5.47. The van der Waals surface area contributed by atoms with Gasteiger partial charge in [-0.15, -0.1) is 0 Å². The summed E-state index contributed by atoms with van der Waals surface area (Å²) in [6.07, 6.45) is 3.84. The van der Waals surface area contributed by atoms with E-state index in [0.717, 1.165) is 25.9 Å². The van der Waals surface area contributed by atoms with Crippen LogP contribution in [0.25, 0.3) is 0 Å². The fraction of sp³-hybridized carbons (Fsp3) is 0.714. The van der Waals surface area contributed by atoms with E-state index in [2.05, 4.69) is 22.2 Å². The SMILES string of the molecule is CC(c1ccnn1C)N1CCCC(C(=O)NCCN)C1.